The third-order valence-electron chi connectivity index (χ3n) is 3.23. The molecular formula is C15H11FN4. The Morgan fingerprint density at radius 1 is 1.30 bits per heavy atom. The number of fused-ring (bicyclic) bond motifs is 1. The predicted octanol–water partition coefficient (Wildman–Crippen LogP) is 2.93. The highest BCUT2D eigenvalue weighted by atomic mass is 19.1. The number of imidazole rings is 1. The minimum Gasteiger partial charge on any atom is -0.369 e. The molecular weight excluding hydrogens is 255 g/mol. The molecule has 0 amide bonds. The zero-order chi connectivity index (χ0) is 14.3. The molecule has 2 N–H and O–H groups in total. The van der Waals surface area contributed by atoms with Crippen molar-refractivity contribution in [2.75, 3.05) is 5.73 Å². The fraction of sp³-hybridized carbons (Fsp3) is 0.0667. The van der Waals surface area contributed by atoms with E-state index in [9.17, 15) is 4.39 Å². The largest absolute Gasteiger partial charge is 0.369 e. The van der Waals surface area contributed by atoms with Gasteiger partial charge in [-0.3, -0.25) is 4.57 Å². The molecule has 0 unspecified atom stereocenters. The fourth-order valence-corrected chi connectivity index (χ4v) is 2.30. The van der Waals surface area contributed by atoms with E-state index in [1.54, 1.807) is 4.57 Å². The Labute approximate surface area is 114 Å². The van der Waals surface area contributed by atoms with Gasteiger partial charge < -0.3 is 5.73 Å². The third-order valence-corrected chi connectivity index (χ3v) is 3.23. The summed E-state index contributed by atoms with van der Waals surface area (Å²) in [6.07, 6.45) is 0. The van der Waals surface area contributed by atoms with Gasteiger partial charge in [-0.15, -0.1) is 0 Å². The van der Waals surface area contributed by atoms with Crippen LogP contribution in [0.2, 0.25) is 0 Å². The molecule has 0 fully saturated rings. The van der Waals surface area contributed by atoms with E-state index < -0.39 is 5.82 Å². The van der Waals surface area contributed by atoms with Gasteiger partial charge in [0.05, 0.1) is 22.3 Å². The SMILES string of the molecule is Cc1cccc2c1nc(N)n2-c1ccc(F)cc1C#N. The van der Waals surface area contributed by atoms with Gasteiger partial charge in [-0.1, -0.05) is 12.1 Å². The van der Waals surface area contributed by atoms with Gasteiger partial charge in [0.2, 0.25) is 5.95 Å². The molecule has 0 spiro atoms. The van der Waals surface area contributed by atoms with Crippen molar-refractivity contribution >= 4 is 17.0 Å². The Balaban J connectivity index is 2.39. The van der Waals surface area contributed by atoms with E-state index in [0.717, 1.165) is 16.6 Å². The van der Waals surface area contributed by atoms with Crippen LogP contribution in [-0.2, 0) is 0 Å². The summed E-state index contributed by atoms with van der Waals surface area (Å²) >= 11 is 0. The van der Waals surface area contributed by atoms with Crippen LogP contribution in [0.3, 0.4) is 0 Å². The molecule has 0 radical (unpaired) electrons. The number of aromatic nitrogens is 2. The average Bonchev–Trinajstić information content (AvgIpc) is 2.77. The number of nitriles is 1. The van der Waals surface area contributed by atoms with Gasteiger partial charge in [0, 0.05) is 0 Å². The number of rotatable bonds is 1. The number of hydrogen-bond acceptors (Lipinski definition) is 3. The summed E-state index contributed by atoms with van der Waals surface area (Å²) in [7, 11) is 0. The topological polar surface area (TPSA) is 67.6 Å². The standard InChI is InChI=1S/C15H11FN4/c1-9-3-2-4-13-14(9)19-15(18)20(13)12-6-5-11(16)7-10(12)8-17/h2-7H,1H3,(H2,18,19). The van der Waals surface area contributed by atoms with Crippen LogP contribution in [-0.4, -0.2) is 9.55 Å². The van der Waals surface area contributed by atoms with E-state index in [2.05, 4.69) is 4.98 Å². The molecule has 0 aliphatic heterocycles. The summed E-state index contributed by atoms with van der Waals surface area (Å²) in [6.45, 7) is 1.94. The summed E-state index contributed by atoms with van der Waals surface area (Å²) in [6, 6.07) is 11.7. The number of anilines is 1. The maximum Gasteiger partial charge on any atom is 0.205 e. The van der Waals surface area contributed by atoms with Gasteiger partial charge in [-0.25, -0.2) is 9.37 Å². The first-order valence-electron chi connectivity index (χ1n) is 6.05. The van der Waals surface area contributed by atoms with E-state index >= 15 is 0 Å². The molecule has 0 saturated carbocycles. The van der Waals surface area contributed by atoms with Crippen LogP contribution in [0.5, 0.6) is 0 Å². The van der Waals surface area contributed by atoms with Gasteiger partial charge in [0.25, 0.3) is 0 Å². The number of nitrogen functional groups attached to an aromatic ring is 1. The van der Waals surface area contributed by atoms with Crippen molar-refractivity contribution in [1.82, 2.24) is 9.55 Å². The first kappa shape index (κ1) is 12.2. The lowest BCUT2D eigenvalue weighted by Gasteiger charge is -2.08. The number of nitrogens with zero attached hydrogens (tertiary/aromatic N) is 3. The molecule has 3 aromatic rings. The molecule has 0 bridgehead atoms. The zero-order valence-electron chi connectivity index (χ0n) is 10.8. The smallest absolute Gasteiger partial charge is 0.205 e. The van der Waals surface area contributed by atoms with Crippen molar-refractivity contribution in [3.63, 3.8) is 0 Å². The second kappa shape index (κ2) is 4.35. The van der Waals surface area contributed by atoms with Crippen LogP contribution in [0.25, 0.3) is 16.7 Å². The van der Waals surface area contributed by atoms with E-state index in [1.807, 2.05) is 31.2 Å². The molecule has 0 aliphatic rings. The molecule has 0 atom stereocenters. The molecule has 0 saturated heterocycles. The molecule has 3 rings (SSSR count). The normalized spacial score (nSPS) is 10.7. The number of hydrogen-bond donors (Lipinski definition) is 1. The maximum atomic E-state index is 13.2. The Bertz CT molecular complexity index is 858. The number of aryl methyl sites for hydroxylation is 1. The Kier molecular flexibility index (Phi) is 2.65. The molecule has 0 aliphatic carbocycles. The molecule has 1 heterocycles. The highest BCUT2D eigenvalue weighted by Crippen LogP contribution is 2.27. The molecule has 1 aromatic heterocycles. The van der Waals surface area contributed by atoms with Crippen molar-refractivity contribution in [1.29, 1.82) is 5.26 Å². The van der Waals surface area contributed by atoms with Crippen LogP contribution in [0.4, 0.5) is 10.3 Å². The second-order valence-electron chi connectivity index (χ2n) is 4.52. The average molecular weight is 266 g/mol. The van der Waals surface area contributed by atoms with Crippen LogP contribution in [0.1, 0.15) is 11.1 Å². The van der Waals surface area contributed by atoms with Crippen molar-refractivity contribution in [2.24, 2.45) is 0 Å². The first-order valence-corrected chi connectivity index (χ1v) is 6.05. The van der Waals surface area contributed by atoms with Gasteiger partial charge in [0.1, 0.15) is 11.9 Å². The number of halogens is 1. The van der Waals surface area contributed by atoms with E-state index in [-0.39, 0.29) is 11.5 Å². The zero-order valence-corrected chi connectivity index (χ0v) is 10.8. The second-order valence-corrected chi connectivity index (χ2v) is 4.52. The van der Waals surface area contributed by atoms with Crippen LogP contribution in [0.15, 0.2) is 36.4 Å². The highest BCUT2D eigenvalue weighted by Gasteiger charge is 2.14. The Morgan fingerprint density at radius 3 is 2.85 bits per heavy atom. The Hall–Kier alpha value is -2.87. The quantitative estimate of drug-likeness (QED) is 0.736. The lowest BCUT2D eigenvalue weighted by molar-refractivity contribution is 0.627. The van der Waals surface area contributed by atoms with Crippen molar-refractivity contribution < 1.29 is 4.39 Å². The van der Waals surface area contributed by atoms with Gasteiger partial charge in [0.15, 0.2) is 0 Å². The van der Waals surface area contributed by atoms with E-state index in [1.165, 1.54) is 18.2 Å². The van der Waals surface area contributed by atoms with Crippen molar-refractivity contribution in [3.8, 4) is 11.8 Å². The fourth-order valence-electron chi connectivity index (χ4n) is 2.30. The molecule has 98 valence electrons. The Morgan fingerprint density at radius 2 is 2.10 bits per heavy atom. The number of nitrogens with two attached hydrogens (primary N) is 1. The molecule has 2 aromatic carbocycles. The van der Waals surface area contributed by atoms with E-state index in [0.29, 0.717) is 5.69 Å². The highest BCUT2D eigenvalue weighted by molar-refractivity contribution is 5.84. The summed E-state index contributed by atoms with van der Waals surface area (Å²) in [5.41, 5.74) is 9.28. The summed E-state index contributed by atoms with van der Waals surface area (Å²) in [5.74, 6) is -0.179. The van der Waals surface area contributed by atoms with Crippen LogP contribution < -0.4 is 5.73 Å². The number of benzene rings is 2. The minimum atomic E-state index is -0.454. The molecule has 5 heteroatoms. The van der Waals surface area contributed by atoms with Crippen LogP contribution >= 0.6 is 0 Å². The predicted molar refractivity (Wildman–Crippen MR) is 74.9 cm³/mol. The van der Waals surface area contributed by atoms with Crippen molar-refractivity contribution in [2.45, 2.75) is 6.92 Å². The summed E-state index contributed by atoms with van der Waals surface area (Å²) in [4.78, 5) is 4.32. The van der Waals surface area contributed by atoms with Crippen molar-refractivity contribution in [3.05, 3.63) is 53.3 Å². The van der Waals surface area contributed by atoms with Gasteiger partial charge in [-0.05, 0) is 36.8 Å². The summed E-state index contributed by atoms with van der Waals surface area (Å²) in [5, 5.41) is 9.17. The number of para-hydroxylation sites is 1. The monoisotopic (exact) mass is 266 g/mol. The maximum absolute atomic E-state index is 13.2. The lowest BCUT2D eigenvalue weighted by atomic mass is 10.1. The van der Waals surface area contributed by atoms with E-state index in [4.69, 9.17) is 11.0 Å². The molecule has 4 nitrogen and oxygen atoms in total. The van der Waals surface area contributed by atoms with Crippen LogP contribution in [0, 0.1) is 24.1 Å². The van der Waals surface area contributed by atoms with Gasteiger partial charge >= 0.3 is 0 Å². The minimum absolute atomic E-state index is 0.220. The third kappa shape index (κ3) is 1.70. The van der Waals surface area contributed by atoms with Gasteiger partial charge in [-0.2, -0.15) is 5.26 Å². The molecule has 20 heavy (non-hydrogen) atoms. The summed E-state index contributed by atoms with van der Waals surface area (Å²) < 4.78 is 14.9. The lowest BCUT2D eigenvalue weighted by Crippen LogP contribution is -2.03. The first-order chi connectivity index (χ1) is 9.61.